The predicted molar refractivity (Wildman–Crippen MR) is 57.7 cm³/mol. The molecule has 2 aromatic carbocycles. The molecule has 0 aliphatic rings. The van der Waals surface area contributed by atoms with Gasteiger partial charge in [-0.15, -0.1) is 4.91 Å². The van der Waals surface area contributed by atoms with Gasteiger partial charge < -0.3 is 5.11 Å². The molecule has 0 bridgehead atoms. The molecule has 0 aromatic heterocycles. The maximum atomic E-state index is 10.7. The zero-order valence-corrected chi connectivity index (χ0v) is 7.95. The third-order valence-corrected chi connectivity index (χ3v) is 2.26. The van der Waals surface area contributed by atoms with Crippen LogP contribution in [0.5, 0.6) is 5.75 Å². The monoisotopic (exact) mass is 218 g/mol. The molecule has 0 fully saturated rings. The molecule has 0 heterocycles. The number of fused-ring (bicyclic) bond motifs is 1. The van der Waals surface area contributed by atoms with Crippen molar-refractivity contribution in [3.8, 4) is 5.75 Å². The van der Waals surface area contributed by atoms with Crippen LogP contribution in [0.3, 0.4) is 0 Å². The number of nitrogens with zero attached hydrogens (tertiary/aromatic N) is 2. The second kappa shape index (κ2) is 3.58. The topological polar surface area (TPSA) is 92.8 Å². The van der Waals surface area contributed by atoms with Crippen molar-refractivity contribution >= 4 is 22.1 Å². The van der Waals surface area contributed by atoms with Crippen LogP contribution in [0, 0.1) is 15.0 Å². The fourth-order valence-corrected chi connectivity index (χ4v) is 1.56. The first-order chi connectivity index (χ1) is 7.65. The van der Waals surface area contributed by atoms with Crippen LogP contribution in [-0.2, 0) is 0 Å². The number of hydrogen-bond donors (Lipinski definition) is 1. The van der Waals surface area contributed by atoms with E-state index in [1.165, 1.54) is 6.07 Å². The van der Waals surface area contributed by atoms with Crippen LogP contribution in [0.25, 0.3) is 10.8 Å². The Morgan fingerprint density at radius 2 is 1.88 bits per heavy atom. The van der Waals surface area contributed by atoms with Gasteiger partial charge in [-0.25, -0.2) is 0 Å². The summed E-state index contributed by atoms with van der Waals surface area (Å²) in [4.78, 5) is 20.5. The highest BCUT2D eigenvalue weighted by molar-refractivity contribution is 6.00. The lowest BCUT2D eigenvalue weighted by Gasteiger charge is -2.03. The lowest BCUT2D eigenvalue weighted by molar-refractivity contribution is -0.384. The number of phenolic OH excluding ortho intramolecular Hbond substituents is 1. The predicted octanol–water partition coefficient (Wildman–Crippen LogP) is 2.85. The first-order valence-corrected chi connectivity index (χ1v) is 4.37. The fourth-order valence-electron chi connectivity index (χ4n) is 1.56. The zero-order valence-electron chi connectivity index (χ0n) is 7.95. The van der Waals surface area contributed by atoms with Gasteiger partial charge in [0.1, 0.15) is 5.75 Å². The quantitative estimate of drug-likeness (QED) is 0.476. The van der Waals surface area contributed by atoms with Crippen molar-refractivity contribution < 1.29 is 10.0 Å². The summed E-state index contributed by atoms with van der Waals surface area (Å²) in [5.74, 6) is -0.241. The number of aromatic hydroxyl groups is 1. The smallest absolute Gasteiger partial charge is 0.302 e. The van der Waals surface area contributed by atoms with Crippen molar-refractivity contribution in [2.24, 2.45) is 5.18 Å². The minimum absolute atomic E-state index is 0.241. The van der Waals surface area contributed by atoms with Crippen LogP contribution in [0.4, 0.5) is 11.4 Å². The van der Waals surface area contributed by atoms with E-state index in [0.717, 1.165) is 6.07 Å². The molecule has 2 aromatic rings. The van der Waals surface area contributed by atoms with E-state index in [0.29, 0.717) is 5.39 Å². The van der Waals surface area contributed by atoms with E-state index in [2.05, 4.69) is 5.18 Å². The number of nitroso groups, excluding NO2 is 1. The number of hydrogen-bond acceptors (Lipinski definition) is 5. The highest BCUT2D eigenvalue weighted by Gasteiger charge is 2.20. The first kappa shape index (κ1) is 10.0. The van der Waals surface area contributed by atoms with E-state index in [-0.39, 0.29) is 16.8 Å². The van der Waals surface area contributed by atoms with Crippen LogP contribution in [0.15, 0.2) is 35.5 Å². The molecule has 0 atom stereocenters. The average Bonchev–Trinajstić information content (AvgIpc) is 2.29. The van der Waals surface area contributed by atoms with Crippen molar-refractivity contribution in [1.82, 2.24) is 0 Å². The molecule has 6 heteroatoms. The van der Waals surface area contributed by atoms with Gasteiger partial charge in [-0.3, -0.25) is 10.1 Å². The highest BCUT2D eigenvalue weighted by Crippen LogP contribution is 2.40. The van der Waals surface area contributed by atoms with Crippen molar-refractivity contribution in [3.05, 3.63) is 45.4 Å². The minimum Gasteiger partial charge on any atom is -0.507 e. The van der Waals surface area contributed by atoms with Gasteiger partial charge in [0, 0.05) is 10.8 Å². The molecular formula is C10H6N2O4. The SMILES string of the molecule is O=Nc1c([N+](=O)[O-])cc(O)c2ccccc12. The van der Waals surface area contributed by atoms with E-state index in [9.17, 15) is 20.1 Å². The maximum absolute atomic E-state index is 10.7. The third kappa shape index (κ3) is 1.36. The van der Waals surface area contributed by atoms with E-state index >= 15 is 0 Å². The minimum atomic E-state index is -0.747. The largest absolute Gasteiger partial charge is 0.507 e. The molecule has 0 spiro atoms. The summed E-state index contributed by atoms with van der Waals surface area (Å²) < 4.78 is 0. The Kier molecular flexibility index (Phi) is 2.24. The fraction of sp³-hybridized carbons (Fsp3) is 0. The molecule has 80 valence electrons. The van der Waals surface area contributed by atoms with E-state index in [1.54, 1.807) is 18.2 Å². The Morgan fingerprint density at radius 3 is 2.44 bits per heavy atom. The second-order valence-electron chi connectivity index (χ2n) is 3.16. The summed E-state index contributed by atoms with van der Waals surface area (Å²) in [5.41, 5.74) is -0.760. The van der Waals surface area contributed by atoms with Gasteiger partial charge in [-0.1, -0.05) is 24.3 Å². The van der Waals surface area contributed by atoms with E-state index < -0.39 is 10.6 Å². The highest BCUT2D eigenvalue weighted by atomic mass is 16.6. The second-order valence-corrected chi connectivity index (χ2v) is 3.16. The standard InChI is InChI=1S/C10H6N2O4/c13-9-5-8(12(15)16)10(11-14)7-4-2-1-3-6(7)9/h1-5,13H. The van der Waals surface area contributed by atoms with Crippen molar-refractivity contribution in [1.29, 1.82) is 0 Å². The van der Waals surface area contributed by atoms with Crippen molar-refractivity contribution in [2.45, 2.75) is 0 Å². The Morgan fingerprint density at radius 1 is 1.25 bits per heavy atom. The molecule has 0 saturated heterocycles. The lowest BCUT2D eigenvalue weighted by atomic mass is 10.1. The van der Waals surface area contributed by atoms with Gasteiger partial charge in [0.15, 0.2) is 5.69 Å². The van der Waals surface area contributed by atoms with Crippen LogP contribution in [0.2, 0.25) is 0 Å². The number of nitro groups is 1. The Bertz CT molecular complexity index is 595. The van der Waals surface area contributed by atoms with Gasteiger partial charge in [-0.2, -0.15) is 0 Å². The van der Waals surface area contributed by atoms with Gasteiger partial charge in [0.2, 0.25) is 0 Å². The third-order valence-electron chi connectivity index (χ3n) is 2.26. The lowest BCUT2D eigenvalue weighted by Crippen LogP contribution is -1.89. The van der Waals surface area contributed by atoms with Gasteiger partial charge in [-0.05, 0) is 5.18 Å². The van der Waals surface area contributed by atoms with Crippen LogP contribution in [-0.4, -0.2) is 10.0 Å². The van der Waals surface area contributed by atoms with Crippen LogP contribution in [0.1, 0.15) is 0 Å². The number of phenols is 1. The van der Waals surface area contributed by atoms with Crippen LogP contribution < -0.4 is 0 Å². The van der Waals surface area contributed by atoms with Gasteiger partial charge in [0.05, 0.1) is 11.0 Å². The van der Waals surface area contributed by atoms with Crippen LogP contribution >= 0.6 is 0 Å². The molecule has 0 amide bonds. The summed E-state index contributed by atoms with van der Waals surface area (Å²) in [5, 5.41) is 23.5. The number of rotatable bonds is 2. The molecule has 0 unspecified atom stereocenters. The summed E-state index contributed by atoms with van der Waals surface area (Å²) in [7, 11) is 0. The average molecular weight is 218 g/mol. The summed E-state index contributed by atoms with van der Waals surface area (Å²) >= 11 is 0. The normalized spacial score (nSPS) is 10.2. The van der Waals surface area contributed by atoms with Crippen molar-refractivity contribution in [3.63, 3.8) is 0 Å². The Labute approximate surface area is 89.3 Å². The molecule has 0 aliphatic heterocycles. The molecule has 0 saturated carbocycles. The van der Waals surface area contributed by atoms with Gasteiger partial charge >= 0.3 is 5.69 Å². The summed E-state index contributed by atoms with van der Waals surface area (Å²) in [6, 6.07) is 7.25. The molecular weight excluding hydrogens is 212 g/mol. The summed E-state index contributed by atoms with van der Waals surface area (Å²) in [6.07, 6.45) is 0. The summed E-state index contributed by atoms with van der Waals surface area (Å²) in [6.45, 7) is 0. The molecule has 1 N–H and O–H groups in total. The number of nitro benzene ring substituents is 1. The molecule has 0 radical (unpaired) electrons. The number of benzene rings is 2. The van der Waals surface area contributed by atoms with E-state index in [4.69, 9.17) is 0 Å². The molecule has 0 aliphatic carbocycles. The van der Waals surface area contributed by atoms with E-state index in [1.807, 2.05) is 0 Å². The molecule has 2 rings (SSSR count). The first-order valence-electron chi connectivity index (χ1n) is 4.37. The Hall–Kier alpha value is -2.50. The van der Waals surface area contributed by atoms with Crippen molar-refractivity contribution in [2.75, 3.05) is 0 Å². The molecule has 6 nitrogen and oxygen atoms in total. The zero-order chi connectivity index (χ0) is 11.7. The molecule has 16 heavy (non-hydrogen) atoms. The maximum Gasteiger partial charge on any atom is 0.302 e. The Balaban J connectivity index is 2.95. The van der Waals surface area contributed by atoms with Gasteiger partial charge in [0.25, 0.3) is 0 Å².